The fourth-order valence-electron chi connectivity index (χ4n) is 8.71. The maximum atomic E-state index is 2.40. The first-order valence-corrected chi connectivity index (χ1v) is 18.4. The Hall–Kier alpha value is -6.64. The molecule has 252 valence electrons. The minimum atomic E-state index is -0.0648. The van der Waals surface area contributed by atoms with Crippen molar-refractivity contribution < 1.29 is 0 Å². The average molecular weight is 679 g/mol. The molecule has 1 aliphatic carbocycles. The van der Waals surface area contributed by atoms with Gasteiger partial charge in [0.2, 0.25) is 0 Å². The lowest BCUT2D eigenvalue weighted by molar-refractivity contribution is 0.660. The highest BCUT2D eigenvalue weighted by molar-refractivity contribution is 6.09. The van der Waals surface area contributed by atoms with Crippen LogP contribution in [0.15, 0.2) is 194 Å². The van der Waals surface area contributed by atoms with E-state index >= 15 is 0 Å². The molecule has 0 amide bonds. The third-order valence-corrected chi connectivity index (χ3v) is 11.2. The van der Waals surface area contributed by atoms with Gasteiger partial charge in [0, 0.05) is 38.8 Å². The lowest BCUT2D eigenvalue weighted by Gasteiger charge is -2.29. The largest absolute Gasteiger partial charge is 0.310 e. The molecule has 0 saturated heterocycles. The molecule has 1 heterocycles. The van der Waals surface area contributed by atoms with Gasteiger partial charge in [0.25, 0.3) is 0 Å². The number of fused-ring (bicyclic) bond motifs is 6. The fourth-order valence-corrected chi connectivity index (χ4v) is 8.71. The maximum absolute atomic E-state index is 2.40. The molecule has 2 nitrogen and oxygen atoms in total. The van der Waals surface area contributed by atoms with Gasteiger partial charge in [0.15, 0.2) is 0 Å². The van der Waals surface area contributed by atoms with Crippen LogP contribution in [-0.4, -0.2) is 4.57 Å². The van der Waals surface area contributed by atoms with Gasteiger partial charge in [-0.2, -0.15) is 0 Å². The van der Waals surface area contributed by atoms with E-state index in [-0.39, 0.29) is 5.41 Å². The van der Waals surface area contributed by atoms with Gasteiger partial charge in [-0.1, -0.05) is 153 Å². The standard InChI is InChI=1S/C51H38N2/c1-51(2)45-25-10-6-23-44(45)50-43(24-15-26-46(50)51)42-22-9-11-27-47(42)52(37-17-4-3-5-18-37)38-32-30-35(31-33-38)36-16-14-19-39(34-36)53-48-28-12-7-20-40(48)41-21-8-13-29-49(41)53/h3-34H,1-2H3. The first kappa shape index (κ1) is 31.1. The van der Waals surface area contributed by atoms with Crippen LogP contribution in [0.25, 0.3) is 60.9 Å². The van der Waals surface area contributed by atoms with Gasteiger partial charge < -0.3 is 9.47 Å². The summed E-state index contributed by atoms with van der Waals surface area (Å²) in [6, 6.07) is 70.7. The quantitative estimate of drug-likeness (QED) is 0.170. The number of nitrogens with zero attached hydrogens (tertiary/aromatic N) is 2. The summed E-state index contributed by atoms with van der Waals surface area (Å²) < 4.78 is 2.39. The van der Waals surface area contributed by atoms with Crippen LogP contribution in [0.5, 0.6) is 0 Å². The lowest BCUT2D eigenvalue weighted by Crippen LogP contribution is -2.14. The SMILES string of the molecule is CC1(C)c2ccccc2-c2c(-c3ccccc3N(c3ccccc3)c3ccc(-c4cccc(-n5c6ccccc6c6ccccc65)c4)cc3)cccc21. The molecule has 0 saturated carbocycles. The Balaban J connectivity index is 1.08. The second-order valence-electron chi connectivity index (χ2n) is 14.6. The number of hydrogen-bond acceptors (Lipinski definition) is 1. The van der Waals surface area contributed by atoms with E-state index in [1.54, 1.807) is 0 Å². The van der Waals surface area contributed by atoms with Crippen molar-refractivity contribution in [2.24, 2.45) is 0 Å². The highest BCUT2D eigenvalue weighted by Crippen LogP contribution is 2.53. The smallest absolute Gasteiger partial charge is 0.0541 e. The third kappa shape index (κ3) is 4.94. The Morgan fingerprint density at radius 3 is 1.74 bits per heavy atom. The summed E-state index contributed by atoms with van der Waals surface area (Å²) >= 11 is 0. The van der Waals surface area contributed by atoms with Gasteiger partial charge in [0.1, 0.15) is 0 Å². The van der Waals surface area contributed by atoms with E-state index in [0.717, 1.165) is 22.7 Å². The Labute approximate surface area is 310 Å². The van der Waals surface area contributed by atoms with Gasteiger partial charge in [-0.25, -0.2) is 0 Å². The molecule has 10 rings (SSSR count). The first-order valence-electron chi connectivity index (χ1n) is 18.4. The predicted molar refractivity (Wildman–Crippen MR) is 224 cm³/mol. The number of para-hydroxylation sites is 4. The normalized spacial score (nSPS) is 12.9. The van der Waals surface area contributed by atoms with Gasteiger partial charge >= 0.3 is 0 Å². The molecule has 0 radical (unpaired) electrons. The van der Waals surface area contributed by atoms with Gasteiger partial charge in [0.05, 0.1) is 16.7 Å². The monoisotopic (exact) mass is 678 g/mol. The van der Waals surface area contributed by atoms with E-state index in [4.69, 9.17) is 0 Å². The highest BCUT2D eigenvalue weighted by Gasteiger charge is 2.37. The van der Waals surface area contributed by atoms with E-state index in [0.29, 0.717) is 0 Å². The van der Waals surface area contributed by atoms with Crippen LogP contribution in [0.4, 0.5) is 17.1 Å². The minimum absolute atomic E-state index is 0.0648. The van der Waals surface area contributed by atoms with Crippen molar-refractivity contribution in [2.45, 2.75) is 19.3 Å². The third-order valence-electron chi connectivity index (χ3n) is 11.2. The number of benzene rings is 8. The second kappa shape index (κ2) is 12.3. The van der Waals surface area contributed by atoms with Gasteiger partial charge in [-0.05, 0) is 93.5 Å². The molecule has 1 aliphatic rings. The number of rotatable bonds is 6. The Morgan fingerprint density at radius 2 is 0.981 bits per heavy atom. The minimum Gasteiger partial charge on any atom is -0.310 e. The zero-order valence-corrected chi connectivity index (χ0v) is 29.9. The molecular formula is C51H38N2. The van der Waals surface area contributed by atoms with Crippen molar-refractivity contribution in [1.29, 1.82) is 0 Å². The van der Waals surface area contributed by atoms with Crippen molar-refractivity contribution in [3.05, 3.63) is 205 Å². The zero-order valence-electron chi connectivity index (χ0n) is 29.9. The van der Waals surface area contributed by atoms with E-state index in [1.165, 1.54) is 66.3 Å². The van der Waals surface area contributed by atoms with E-state index in [9.17, 15) is 0 Å². The van der Waals surface area contributed by atoms with E-state index < -0.39 is 0 Å². The van der Waals surface area contributed by atoms with Gasteiger partial charge in [-0.15, -0.1) is 0 Å². The topological polar surface area (TPSA) is 8.17 Å². The maximum Gasteiger partial charge on any atom is 0.0541 e. The van der Waals surface area contributed by atoms with Crippen LogP contribution in [-0.2, 0) is 5.41 Å². The van der Waals surface area contributed by atoms with Crippen LogP contribution in [0, 0.1) is 0 Å². The molecule has 9 aromatic rings. The summed E-state index contributed by atoms with van der Waals surface area (Å²) in [5.74, 6) is 0. The number of hydrogen-bond donors (Lipinski definition) is 0. The van der Waals surface area contributed by atoms with Crippen molar-refractivity contribution in [1.82, 2.24) is 4.57 Å². The molecule has 0 spiro atoms. The van der Waals surface area contributed by atoms with Gasteiger partial charge in [-0.3, -0.25) is 0 Å². The lowest BCUT2D eigenvalue weighted by atomic mass is 9.82. The predicted octanol–water partition coefficient (Wildman–Crippen LogP) is 13.9. The molecule has 8 aromatic carbocycles. The van der Waals surface area contributed by atoms with Crippen molar-refractivity contribution >= 4 is 38.9 Å². The highest BCUT2D eigenvalue weighted by atomic mass is 15.1. The Kier molecular flexibility index (Phi) is 7.19. The average Bonchev–Trinajstić information content (AvgIpc) is 3.68. The Morgan fingerprint density at radius 1 is 0.415 bits per heavy atom. The molecule has 0 N–H and O–H groups in total. The van der Waals surface area contributed by atoms with E-state index in [2.05, 4.69) is 217 Å². The van der Waals surface area contributed by atoms with E-state index in [1.807, 2.05) is 0 Å². The number of anilines is 3. The van der Waals surface area contributed by atoms with Crippen molar-refractivity contribution in [2.75, 3.05) is 4.90 Å². The molecule has 0 bridgehead atoms. The molecule has 0 atom stereocenters. The van der Waals surface area contributed by atoms with Crippen molar-refractivity contribution in [3.63, 3.8) is 0 Å². The molecular weight excluding hydrogens is 641 g/mol. The summed E-state index contributed by atoms with van der Waals surface area (Å²) in [7, 11) is 0. The fraction of sp³-hybridized carbons (Fsp3) is 0.0588. The van der Waals surface area contributed by atoms with Crippen LogP contribution in [0.1, 0.15) is 25.0 Å². The van der Waals surface area contributed by atoms with Crippen LogP contribution in [0.3, 0.4) is 0 Å². The van der Waals surface area contributed by atoms with Crippen LogP contribution in [0.2, 0.25) is 0 Å². The zero-order chi connectivity index (χ0) is 35.5. The summed E-state index contributed by atoms with van der Waals surface area (Å²) in [6.07, 6.45) is 0. The number of aromatic nitrogens is 1. The molecule has 1 aromatic heterocycles. The molecule has 2 heteroatoms. The molecule has 0 unspecified atom stereocenters. The summed E-state index contributed by atoms with van der Waals surface area (Å²) in [5, 5.41) is 2.54. The molecule has 0 fully saturated rings. The summed E-state index contributed by atoms with van der Waals surface area (Å²) in [6.45, 7) is 4.70. The molecule has 0 aliphatic heterocycles. The first-order chi connectivity index (χ1) is 26.1. The van der Waals surface area contributed by atoms with Crippen molar-refractivity contribution in [3.8, 4) is 39.1 Å². The van der Waals surface area contributed by atoms with Crippen LogP contribution < -0.4 is 4.90 Å². The Bertz CT molecular complexity index is 2750. The summed E-state index contributed by atoms with van der Waals surface area (Å²) in [5.41, 5.74) is 17.2. The molecule has 53 heavy (non-hydrogen) atoms. The summed E-state index contributed by atoms with van der Waals surface area (Å²) in [4.78, 5) is 2.40. The second-order valence-corrected chi connectivity index (χ2v) is 14.6. The van der Waals surface area contributed by atoms with Crippen LogP contribution >= 0.6 is 0 Å².